The normalized spacial score (nSPS) is 22.9. The average molecular weight is 283 g/mol. The molecular weight excluding hydrogens is 264 g/mol. The minimum absolute atomic E-state index is 0.685. The van der Waals surface area contributed by atoms with Gasteiger partial charge in [-0.25, -0.2) is 0 Å². The Morgan fingerprint density at radius 2 is 2.25 bits per heavy atom. The van der Waals surface area contributed by atoms with Crippen LogP contribution in [-0.2, 0) is 6.54 Å². The van der Waals surface area contributed by atoms with E-state index in [1.54, 1.807) is 0 Å². The fraction of sp³-hybridized carbons (Fsp3) is 0.615. The third kappa shape index (κ3) is 3.29. The van der Waals surface area contributed by atoms with E-state index in [1.807, 2.05) is 12.3 Å². The molecule has 1 aliphatic rings. The first-order valence-corrected chi connectivity index (χ1v) is 7.22. The number of nitrogens with zero attached hydrogens (tertiary/aromatic N) is 2. The van der Waals surface area contributed by atoms with Crippen molar-refractivity contribution in [3.05, 3.63) is 30.1 Å². The van der Waals surface area contributed by atoms with Gasteiger partial charge in [0.25, 0.3) is 0 Å². The molecule has 1 saturated heterocycles. The van der Waals surface area contributed by atoms with E-state index in [1.165, 1.54) is 37.9 Å². The minimum atomic E-state index is 0.685. The van der Waals surface area contributed by atoms with Crippen molar-refractivity contribution in [2.24, 2.45) is 0 Å². The molecule has 0 amide bonds. The van der Waals surface area contributed by atoms with Crippen molar-refractivity contribution in [1.82, 2.24) is 9.88 Å². The first-order chi connectivity index (χ1) is 7.90. The van der Waals surface area contributed by atoms with E-state index in [4.69, 9.17) is 0 Å². The van der Waals surface area contributed by atoms with Gasteiger partial charge in [0.2, 0.25) is 0 Å². The number of pyridine rings is 1. The summed E-state index contributed by atoms with van der Waals surface area (Å²) < 4.78 is 0. The minimum Gasteiger partial charge on any atom is -0.294 e. The van der Waals surface area contributed by atoms with Crippen LogP contribution in [0.3, 0.4) is 0 Å². The molecule has 1 unspecified atom stereocenters. The maximum Gasteiger partial charge on any atom is 0.0544 e. The highest BCUT2D eigenvalue weighted by Gasteiger charge is 2.20. The zero-order valence-electron chi connectivity index (χ0n) is 9.61. The standard InChI is InChI=1S/C13H19BrN2/c14-10-13-7-2-1-5-9-16(13)11-12-6-3-4-8-15-12/h3-4,6,8,13H,1-2,5,7,9-11H2. The SMILES string of the molecule is BrCC1CCCCCN1Cc1ccccn1. The molecule has 1 atom stereocenters. The molecule has 0 spiro atoms. The van der Waals surface area contributed by atoms with Crippen molar-refractivity contribution in [2.75, 3.05) is 11.9 Å². The van der Waals surface area contributed by atoms with Gasteiger partial charge in [0.05, 0.1) is 5.69 Å². The van der Waals surface area contributed by atoms with Crippen molar-refractivity contribution < 1.29 is 0 Å². The number of hydrogen-bond acceptors (Lipinski definition) is 2. The molecule has 2 nitrogen and oxygen atoms in total. The van der Waals surface area contributed by atoms with Gasteiger partial charge in [-0.15, -0.1) is 0 Å². The fourth-order valence-electron chi connectivity index (χ4n) is 2.32. The molecule has 1 aromatic rings. The number of aromatic nitrogens is 1. The van der Waals surface area contributed by atoms with E-state index in [0.717, 1.165) is 11.9 Å². The number of likely N-dealkylation sites (tertiary alicyclic amines) is 1. The summed E-state index contributed by atoms with van der Waals surface area (Å²) in [6.45, 7) is 2.21. The van der Waals surface area contributed by atoms with Crippen molar-refractivity contribution >= 4 is 15.9 Å². The summed E-state index contributed by atoms with van der Waals surface area (Å²) in [5.41, 5.74) is 1.19. The number of alkyl halides is 1. The highest BCUT2D eigenvalue weighted by molar-refractivity contribution is 9.09. The Bertz CT molecular complexity index is 302. The van der Waals surface area contributed by atoms with Gasteiger partial charge in [-0.2, -0.15) is 0 Å². The topological polar surface area (TPSA) is 16.1 Å². The van der Waals surface area contributed by atoms with Gasteiger partial charge in [-0.3, -0.25) is 9.88 Å². The molecule has 2 heterocycles. The monoisotopic (exact) mass is 282 g/mol. The van der Waals surface area contributed by atoms with Crippen LogP contribution >= 0.6 is 15.9 Å². The van der Waals surface area contributed by atoms with Gasteiger partial charge in [0.15, 0.2) is 0 Å². The molecule has 1 aromatic heterocycles. The van der Waals surface area contributed by atoms with E-state index in [-0.39, 0.29) is 0 Å². The van der Waals surface area contributed by atoms with Gasteiger partial charge in [-0.05, 0) is 31.5 Å². The lowest BCUT2D eigenvalue weighted by Crippen LogP contribution is -2.35. The smallest absolute Gasteiger partial charge is 0.0544 e. The van der Waals surface area contributed by atoms with E-state index < -0.39 is 0 Å². The highest BCUT2D eigenvalue weighted by atomic mass is 79.9. The van der Waals surface area contributed by atoms with Crippen LogP contribution in [0.1, 0.15) is 31.4 Å². The predicted molar refractivity (Wildman–Crippen MR) is 70.7 cm³/mol. The second-order valence-electron chi connectivity index (χ2n) is 4.45. The molecule has 16 heavy (non-hydrogen) atoms. The maximum absolute atomic E-state index is 4.42. The van der Waals surface area contributed by atoms with Crippen LogP contribution in [0.25, 0.3) is 0 Å². The number of hydrogen-bond donors (Lipinski definition) is 0. The molecule has 2 rings (SSSR count). The lowest BCUT2D eigenvalue weighted by Gasteiger charge is -2.28. The van der Waals surface area contributed by atoms with Gasteiger partial charge in [-0.1, -0.05) is 34.8 Å². The quantitative estimate of drug-likeness (QED) is 0.792. The van der Waals surface area contributed by atoms with Gasteiger partial charge in [0, 0.05) is 24.1 Å². The van der Waals surface area contributed by atoms with Gasteiger partial charge >= 0.3 is 0 Å². The molecule has 3 heteroatoms. The summed E-state index contributed by atoms with van der Waals surface area (Å²) in [5.74, 6) is 0. The van der Waals surface area contributed by atoms with Crippen LogP contribution < -0.4 is 0 Å². The first-order valence-electron chi connectivity index (χ1n) is 6.10. The zero-order valence-corrected chi connectivity index (χ0v) is 11.2. The first kappa shape index (κ1) is 12.1. The molecule has 0 saturated carbocycles. The summed E-state index contributed by atoms with van der Waals surface area (Å²) in [7, 11) is 0. The van der Waals surface area contributed by atoms with Crippen molar-refractivity contribution in [3.8, 4) is 0 Å². The van der Waals surface area contributed by atoms with Crippen LogP contribution in [0.2, 0.25) is 0 Å². The van der Waals surface area contributed by atoms with Crippen LogP contribution in [0, 0.1) is 0 Å². The lowest BCUT2D eigenvalue weighted by atomic mass is 10.1. The van der Waals surface area contributed by atoms with Crippen LogP contribution in [0.15, 0.2) is 24.4 Å². The van der Waals surface area contributed by atoms with E-state index >= 15 is 0 Å². The van der Waals surface area contributed by atoms with Gasteiger partial charge in [0.1, 0.15) is 0 Å². The molecule has 0 radical (unpaired) electrons. The van der Waals surface area contributed by atoms with Crippen LogP contribution in [0.4, 0.5) is 0 Å². The van der Waals surface area contributed by atoms with Crippen molar-refractivity contribution in [1.29, 1.82) is 0 Å². The fourth-order valence-corrected chi connectivity index (χ4v) is 3.05. The Kier molecular flexibility index (Phi) is 4.79. The summed E-state index contributed by atoms with van der Waals surface area (Å²) >= 11 is 3.64. The molecule has 1 fully saturated rings. The largest absolute Gasteiger partial charge is 0.294 e. The third-order valence-electron chi connectivity index (χ3n) is 3.27. The third-order valence-corrected chi connectivity index (χ3v) is 4.02. The van der Waals surface area contributed by atoms with Crippen molar-refractivity contribution in [2.45, 2.75) is 38.3 Å². The van der Waals surface area contributed by atoms with Crippen molar-refractivity contribution in [3.63, 3.8) is 0 Å². The Morgan fingerprint density at radius 1 is 1.31 bits per heavy atom. The van der Waals surface area contributed by atoms with Crippen LogP contribution in [-0.4, -0.2) is 27.8 Å². The Hall–Kier alpha value is -0.410. The second-order valence-corrected chi connectivity index (χ2v) is 5.10. The molecule has 0 aromatic carbocycles. The lowest BCUT2D eigenvalue weighted by molar-refractivity contribution is 0.207. The summed E-state index contributed by atoms with van der Waals surface area (Å²) in [6, 6.07) is 6.86. The maximum atomic E-state index is 4.42. The predicted octanol–water partition coefficient (Wildman–Crippen LogP) is 3.22. The van der Waals surface area contributed by atoms with Crippen LogP contribution in [0.5, 0.6) is 0 Å². The number of rotatable bonds is 3. The molecule has 88 valence electrons. The van der Waals surface area contributed by atoms with E-state index in [0.29, 0.717) is 6.04 Å². The van der Waals surface area contributed by atoms with Gasteiger partial charge < -0.3 is 0 Å². The molecule has 0 bridgehead atoms. The Labute approximate surface area is 106 Å². The van der Waals surface area contributed by atoms with E-state index in [9.17, 15) is 0 Å². The summed E-state index contributed by atoms with van der Waals surface area (Å²) in [6.07, 6.45) is 7.28. The Balaban J connectivity index is 2.00. The second kappa shape index (κ2) is 6.36. The molecule has 0 N–H and O–H groups in total. The highest BCUT2D eigenvalue weighted by Crippen LogP contribution is 2.19. The summed E-state index contributed by atoms with van der Waals surface area (Å²) in [4.78, 5) is 6.99. The molecule has 0 aliphatic carbocycles. The summed E-state index contributed by atoms with van der Waals surface area (Å²) in [5, 5.41) is 1.08. The van der Waals surface area contributed by atoms with E-state index in [2.05, 4.69) is 37.9 Å². The molecule has 1 aliphatic heterocycles. The zero-order chi connectivity index (χ0) is 11.2. The average Bonchev–Trinajstić information content (AvgIpc) is 2.55. The number of halogens is 1. The Morgan fingerprint density at radius 3 is 3.00 bits per heavy atom. The molecular formula is C13H19BrN2.